The Bertz CT molecular complexity index is 988. The second-order valence-electron chi connectivity index (χ2n) is 8.53. The monoisotopic (exact) mass is 417 g/mol. The Morgan fingerprint density at radius 2 is 1.86 bits per heavy atom. The van der Waals surface area contributed by atoms with E-state index in [4.69, 9.17) is 0 Å². The summed E-state index contributed by atoms with van der Waals surface area (Å²) in [5.41, 5.74) is 2.49. The minimum absolute atomic E-state index is 0.0793. The molecule has 1 aliphatic carbocycles. The zero-order valence-corrected chi connectivity index (χ0v) is 18.7. The first-order valence-corrected chi connectivity index (χ1v) is 11.9. The summed E-state index contributed by atoms with van der Waals surface area (Å²) in [6.45, 7) is 10.0. The molecule has 1 heterocycles. The Hall–Kier alpha value is -2.15. The van der Waals surface area contributed by atoms with Gasteiger partial charge < -0.3 is 9.47 Å². The molecule has 1 aromatic heterocycles. The van der Waals surface area contributed by atoms with Gasteiger partial charge >= 0.3 is 0 Å². The van der Waals surface area contributed by atoms with Crippen molar-refractivity contribution in [3.8, 4) is 0 Å². The molecule has 0 atom stereocenters. The van der Waals surface area contributed by atoms with Gasteiger partial charge in [-0.2, -0.15) is 0 Å². The van der Waals surface area contributed by atoms with Gasteiger partial charge in [-0.3, -0.25) is 4.79 Å². The van der Waals surface area contributed by atoms with E-state index >= 15 is 0 Å². The van der Waals surface area contributed by atoms with Gasteiger partial charge in [-0.25, -0.2) is 13.4 Å². The van der Waals surface area contributed by atoms with Gasteiger partial charge in [0.2, 0.25) is 20.9 Å². The predicted octanol–water partition coefficient (Wildman–Crippen LogP) is 3.89. The number of imidazole rings is 1. The first-order valence-electron chi connectivity index (χ1n) is 10.3. The summed E-state index contributed by atoms with van der Waals surface area (Å²) >= 11 is 0. The molecule has 6 nitrogen and oxygen atoms in total. The van der Waals surface area contributed by atoms with E-state index in [0.29, 0.717) is 6.54 Å². The molecule has 0 aliphatic heterocycles. The number of hydrogen-bond donors (Lipinski definition) is 0. The molecule has 0 spiro atoms. The van der Waals surface area contributed by atoms with Crippen molar-refractivity contribution in [1.29, 1.82) is 0 Å². The minimum atomic E-state index is -3.62. The summed E-state index contributed by atoms with van der Waals surface area (Å²) in [6.07, 6.45) is 3.63. The van der Waals surface area contributed by atoms with Crippen LogP contribution in [0.2, 0.25) is 0 Å². The molecule has 2 aromatic rings. The number of benzene rings is 1. The number of aryl methyl sites for hydroxylation is 1. The highest BCUT2D eigenvalue weighted by Gasteiger charge is 2.35. The highest BCUT2D eigenvalue weighted by atomic mass is 32.2. The van der Waals surface area contributed by atoms with Gasteiger partial charge in [-0.05, 0) is 44.7 Å². The summed E-state index contributed by atoms with van der Waals surface area (Å²) in [4.78, 5) is 18.9. The predicted molar refractivity (Wildman–Crippen MR) is 113 cm³/mol. The first kappa shape index (κ1) is 21.6. The molecule has 29 heavy (non-hydrogen) atoms. The molecular weight excluding hydrogens is 386 g/mol. The number of carbonyl (C=O) groups is 1. The maximum Gasteiger partial charge on any atom is 0.228 e. The Kier molecular flexibility index (Phi) is 6.17. The molecule has 0 saturated heterocycles. The minimum Gasteiger partial charge on any atom is -0.334 e. The van der Waals surface area contributed by atoms with Crippen molar-refractivity contribution in [2.75, 3.05) is 0 Å². The van der Waals surface area contributed by atoms with Crippen LogP contribution >= 0.6 is 0 Å². The molecule has 7 heteroatoms. The van der Waals surface area contributed by atoms with Crippen LogP contribution in [0, 0.1) is 12.8 Å². The van der Waals surface area contributed by atoms with Crippen LogP contribution in [0.1, 0.15) is 63.4 Å². The van der Waals surface area contributed by atoms with Crippen molar-refractivity contribution in [1.82, 2.24) is 14.5 Å². The highest BCUT2D eigenvalue weighted by Crippen LogP contribution is 2.31. The van der Waals surface area contributed by atoms with Gasteiger partial charge in [-0.1, -0.05) is 38.1 Å². The molecule has 0 unspecified atom stereocenters. The van der Waals surface area contributed by atoms with Gasteiger partial charge in [0.15, 0.2) is 0 Å². The van der Waals surface area contributed by atoms with Crippen LogP contribution in [0.4, 0.5) is 0 Å². The van der Waals surface area contributed by atoms with Crippen molar-refractivity contribution in [3.63, 3.8) is 0 Å². The summed E-state index contributed by atoms with van der Waals surface area (Å²) < 4.78 is 28.2. The summed E-state index contributed by atoms with van der Waals surface area (Å²) in [5, 5.41) is 0.0819. The average Bonchev–Trinajstić information content (AvgIpc) is 3.39. The fourth-order valence-corrected chi connectivity index (χ4v) is 5.30. The summed E-state index contributed by atoms with van der Waals surface area (Å²) in [7, 11) is -3.62. The summed E-state index contributed by atoms with van der Waals surface area (Å²) in [6, 6.07) is 7.68. The first-order chi connectivity index (χ1) is 13.6. The van der Waals surface area contributed by atoms with Crippen molar-refractivity contribution in [2.45, 2.75) is 77.0 Å². The number of hydrogen-bond acceptors (Lipinski definition) is 4. The topological polar surface area (TPSA) is 72.3 Å². The normalized spacial score (nSPS) is 14.6. The van der Waals surface area contributed by atoms with Gasteiger partial charge in [0.25, 0.3) is 0 Å². The SMILES string of the molecule is Cc1ccccc1CS(=O)(=O)c1ncc(CN(C(=O)C(C)C)C2CC2)n1C(C)C. The van der Waals surface area contributed by atoms with Crippen LogP contribution in [-0.2, 0) is 26.9 Å². The van der Waals surface area contributed by atoms with E-state index in [1.54, 1.807) is 10.8 Å². The fraction of sp³-hybridized carbons (Fsp3) is 0.545. The molecule has 1 saturated carbocycles. The molecular formula is C22H31N3O3S. The number of sulfone groups is 1. The van der Waals surface area contributed by atoms with Crippen LogP contribution in [0.15, 0.2) is 35.6 Å². The second kappa shape index (κ2) is 8.30. The number of carbonyl (C=O) groups excluding carboxylic acids is 1. The van der Waals surface area contributed by atoms with Crippen LogP contribution in [0.3, 0.4) is 0 Å². The van der Waals surface area contributed by atoms with E-state index in [2.05, 4.69) is 4.98 Å². The molecule has 3 rings (SSSR count). The molecule has 1 fully saturated rings. The molecule has 1 aromatic carbocycles. The van der Waals surface area contributed by atoms with Crippen molar-refractivity contribution >= 4 is 15.7 Å². The standard InChI is InChI=1S/C22H31N3O3S/c1-15(2)21(26)24(19-10-11-19)13-20-12-23-22(25(20)16(3)4)29(27,28)14-18-9-7-6-8-17(18)5/h6-9,12,15-16,19H,10-11,13-14H2,1-5H3. The van der Waals surface area contributed by atoms with Gasteiger partial charge in [0.05, 0.1) is 24.2 Å². The molecule has 0 N–H and O–H groups in total. The number of rotatable bonds is 8. The third kappa shape index (κ3) is 4.71. The maximum absolute atomic E-state index is 13.2. The molecule has 0 radical (unpaired) electrons. The van der Waals surface area contributed by atoms with Crippen LogP contribution in [0.25, 0.3) is 0 Å². The zero-order chi connectivity index (χ0) is 21.3. The lowest BCUT2D eigenvalue weighted by Crippen LogP contribution is -2.36. The molecule has 1 amide bonds. The van der Waals surface area contributed by atoms with Crippen LogP contribution in [-0.4, -0.2) is 34.8 Å². The average molecular weight is 418 g/mol. The van der Waals surface area contributed by atoms with E-state index in [0.717, 1.165) is 29.7 Å². The number of aromatic nitrogens is 2. The zero-order valence-electron chi connectivity index (χ0n) is 17.9. The van der Waals surface area contributed by atoms with Crippen molar-refractivity contribution < 1.29 is 13.2 Å². The maximum atomic E-state index is 13.2. The number of amides is 1. The van der Waals surface area contributed by atoms with Crippen LogP contribution < -0.4 is 0 Å². The van der Waals surface area contributed by atoms with Crippen molar-refractivity contribution in [2.24, 2.45) is 5.92 Å². The fourth-order valence-electron chi connectivity index (χ4n) is 3.60. The molecule has 0 bridgehead atoms. The second-order valence-corrected chi connectivity index (χ2v) is 10.4. The van der Waals surface area contributed by atoms with E-state index in [9.17, 15) is 13.2 Å². The molecule has 158 valence electrons. The quantitative estimate of drug-likeness (QED) is 0.653. The summed E-state index contributed by atoms with van der Waals surface area (Å²) in [5.74, 6) is -0.0660. The highest BCUT2D eigenvalue weighted by molar-refractivity contribution is 7.90. The number of nitrogens with zero attached hydrogens (tertiary/aromatic N) is 3. The third-order valence-electron chi connectivity index (χ3n) is 5.34. The Morgan fingerprint density at radius 1 is 1.21 bits per heavy atom. The Balaban J connectivity index is 1.94. The van der Waals surface area contributed by atoms with E-state index in [1.807, 2.05) is 63.8 Å². The lowest BCUT2D eigenvalue weighted by molar-refractivity contribution is -0.135. The van der Waals surface area contributed by atoms with Gasteiger partial charge in [-0.15, -0.1) is 0 Å². The largest absolute Gasteiger partial charge is 0.334 e. The smallest absolute Gasteiger partial charge is 0.228 e. The third-order valence-corrected chi connectivity index (χ3v) is 6.89. The van der Waals surface area contributed by atoms with Crippen LogP contribution in [0.5, 0.6) is 0 Å². The van der Waals surface area contributed by atoms with E-state index < -0.39 is 9.84 Å². The van der Waals surface area contributed by atoms with E-state index in [-0.39, 0.29) is 34.8 Å². The van der Waals surface area contributed by atoms with E-state index in [1.165, 1.54) is 0 Å². The molecule has 1 aliphatic rings. The van der Waals surface area contributed by atoms with Gasteiger partial charge in [0.1, 0.15) is 0 Å². The Morgan fingerprint density at radius 3 is 2.41 bits per heavy atom. The van der Waals surface area contributed by atoms with Gasteiger partial charge in [0, 0.05) is 18.0 Å². The lowest BCUT2D eigenvalue weighted by atomic mass is 10.1. The lowest BCUT2D eigenvalue weighted by Gasteiger charge is -2.26. The Labute approximate surface area is 173 Å². The van der Waals surface area contributed by atoms with Crippen molar-refractivity contribution in [3.05, 3.63) is 47.3 Å².